The fourth-order valence-corrected chi connectivity index (χ4v) is 2.66. The largest absolute Gasteiger partial charge is 0.383 e. The molecule has 108 valence electrons. The van der Waals surface area contributed by atoms with Crippen LogP contribution in [0, 0.1) is 0 Å². The van der Waals surface area contributed by atoms with Gasteiger partial charge in [0.15, 0.2) is 0 Å². The predicted molar refractivity (Wildman–Crippen MR) is 74.8 cm³/mol. The molecule has 0 radical (unpaired) electrons. The number of nitrogens with zero attached hydrogens (tertiary/aromatic N) is 1. The number of nitrogens with two attached hydrogens (primary N) is 1. The molecular formula is C14H30N2O2. The van der Waals surface area contributed by atoms with Crippen molar-refractivity contribution in [2.45, 2.75) is 44.1 Å². The van der Waals surface area contributed by atoms with Gasteiger partial charge < -0.3 is 15.2 Å². The van der Waals surface area contributed by atoms with Crippen LogP contribution in [-0.2, 0) is 9.47 Å². The highest BCUT2D eigenvalue weighted by Gasteiger charge is 2.27. The first-order valence-electron chi connectivity index (χ1n) is 7.19. The molecule has 0 amide bonds. The summed E-state index contributed by atoms with van der Waals surface area (Å²) >= 11 is 0. The number of hydrogen-bond acceptors (Lipinski definition) is 4. The van der Waals surface area contributed by atoms with Gasteiger partial charge in [-0.1, -0.05) is 19.3 Å². The summed E-state index contributed by atoms with van der Waals surface area (Å²) in [5.41, 5.74) is 6.56. The van der Waals surface area contributed by atoms with E-state index in [1.165, 1.54) is 32.1 Å². The third kappa shape index (κ3) is 6.14. The monoisotopic (exact) mass is 258 g/mol. The van der Waals surface area contributed by atoms with Crippen LogP contribution < -0.4 is 5.73 Å². The minimum absolute atomic E-state index is 0.0800. The normalized spacial score (nSPS) is 19.3. The Morgan fingerprint density at radius 2 is 1.50 bits per heavy atom. The minimum Gasteiger partial charge on any atom is -0.383 e. The first-order valence-corrected chi connectivity index (χ1v) is 7.19. The number of methoxy groups -OCH3 is 2. The van der Waals surface area contributed by atoms with E-state index >= 15 is 0 Å². The summed E-state index contributed by atoms with van der Waals surface area (Å²) in [6, 6.07) is 0. The van der Waals surface area contributed by atoms with Gasteiger partial charge in [-0.3, -0.25) is 4.90 Å². The third-order valence-electron chi connectivity index (χ3n) is 4.00. The average molecular weight is 258 g/mol. The standard InChI is InChI=1S/C14H30N2O2/c1-17-12-10-16(11-13-18-2)9-8-14(15)6-4-3-5-7-14/h3-13,15H2,1-2H3. The van der Waals surface area contributed by atoms with Crippen LogP contribution in [0.3, 0.4) is 0 Å². The molecule has 2 N–H and O–H groups in total. The lowest BCUT2D eigenvalue weighted by molar-refractivity contribution is 0.105. The molecule has 0 heterocycles. The summed E-state index contributed by atoms with van der Waals surface area (Å²) in [6.45, 7) is 4.55. The van der Waals surface area contributed by atoms with Crippen molar-refractivity contribution in [1.82, 2.24) is 4.90 Å². The second kappa shape index (κ2) is 8.86. The van der Waals surface area contributed by atoms with E-state index in [0.29, 0.717) is 0 Å². The molecule has 0 atom stereocenters. The van der Waals surface area contributed by atoms with E-state index in [-0.39, 0.29) is 5.54 Å². The lowest BCUT2D eigenvalue weighted by atomic mass is 9.80. The maximum atomic E-state index is 6.48. The average Bonchev–Trinajstić information content (AvgIpc) is 2.39. The molecular weight excluding hydrogens is 228 g/mol. The maximum absolute atomic E-state index is 6.48. The van der Waals surface area contributed by atoms with E-state index < -0.39 is 0 Å². The van der Waals surface area contributed by atoms with Gasteiger partial charge >= 0.3 is 0 Å². The molecule has 0 aliphatic heterocycles. The highest BCUT2D eigenvalue weighted by atomic mass is 16.5. The van der Waals surface area contributed by atoms with E-state index in [1.807, 2.05) is 0 Å². The zero-order chi connectivity index (χ0) is 13.3. The molecule has 0 aromatic carbocycles. The van der Waals surface area contributed by atoms with Gasteiger partial charge in [-0.05, 0) is 19.3 Å². The van der Waals surface area contributed by atoms with Gasteiger partial charge in [-0.15, -0.1) is 0 Å². The van der Waals surface area contributed by atoms with Gasteiger partial charge in [0.1, 0.15) is 0 Å². The smallest absolute Gasteiger partial charge is 0.0589 e. The lowest BCUT2D eigenvalue weighted by Crippen LogP contribution is -2.45. The summed E-state index contributed by atoms with van der Waals surface area (Å²) < 4.78 is 10.3. The molecule has 1 rings (SSSR count). The highest BCUT2D eigenvalue weighted by molar-refractivity contribution is 4.88. The van der Waals surface area contributed by atoms with Crippen LogP contribution in [0.25, 0.3) is 0 Å². The molecule has 0 bridgehead atoms. The Hall–Kier alpha value is -0.160. The fourth-order valence-electron chi connectivity index (χ4n) is 2.66. The molecule has 4 nitrogen and oxygen atoms in total. The Labute approximate surface area is 112 Å². The summed E-state index contributed by atoms with van der Waals surface area (Å²) in [5.74, 6) is 0. The second-order valence-electron chi connectivity index (χ2n) is 5.50. The van der Waals surface area contributed by atoms with E-state index in [0.717, 1.165) is 39.3 Å². The summed E-state index contributed by atoms with van der Waals surface area (Å²) in [6.07, 6.45) is 7.43. The van der Waals surface area contributed by atoms with E-state index in [9.17, 15) is 0 Å². The Balaban J connectivity index is 2.29. The van der Waals surface area contributed by atoms with Gasteiger partial charge in [-0.25, -0.2) is 0 Å². The van der Waals surface area contributed by atoms with E-state index in [1.54, 1.807) is 14.2 Å². The van der Waals surface area contributed by atoms with Crippen molar-refractivity contribution in [3.63, 3.8) is 0 Å². The molecule has 0 unspecified atom stereocenters. The SMILES string of the molecule is COCCN(CCOC)CCC1(N)CCCCC1. The van der Waals surface area contributed by atoms with Crippen molar-refractivity contribution >= 4 is 0 Å². The van der Waals surface area contributed by atoms with Crippen LogP contribution in [0.4, 0.5) is 0 Å². The van der Waals surface area contributed by atoms with Crippen LogP contribution in [0.2, 0.25) is 0 Å². The van der Waals surface area contributed by atoms with Crippen molar-refractivity contribution in [2.24, 2.45) is 5.73 Å². The Bertz CT molecular complexity index is 198. The fraction of sp³-hybridized carbons (Fsp3) is 1.00. The molecule has 0 aromatic heterocycles. The van der Waals surface area contributed by atoms with Crippen molar-refractivity contribution in [1.29, 1.82) is 0 Å². The van der Waals surface area contributed by atoms with Crippen LogP contribution >= 0.6 is 0 Å². The van der Waals surface area contributed by atoms with Crippen LogP contribution in [-0.4, -0.2) is 57.5 Å². The molecule has 1 aliphatic carbocycles. The summed E-state index contributed by atoms with van der Waals surface area (Å²) in [5, 5.41) is 0. The zero-order valence-electron chi connectivity index (χ0n) is 12.1. The zero-order valence-corrected chi connectivity index (χ0v) is 12.1. The minimum atomic E-state index is 0.0800. The topological polar surface area (TPSA) is 47.7 Å². The highest BCUT2D eigenvalue weighted by Crippen LogP contribution is 2.28. The lowest BCUT2D eigenvalue weighted by Gasteiger charge is -2.35. The summed E-state index contributed by atoms with van der Waals surface area (Å²) in [4.78, 5) is 2.40. The Kier molecular flexibility index (Phi) is 7.82. The molecule has 0 aromatic rings. The van der Waals surface area contributed by atoms with Gasteiger partial charge in [0.2, 0.25) is 0 Å². The van der Waals surface area contributed by atoms with Gasteiger partial charge in [-0.2, -0.15) is 0 Å². The molecule has 1 fully saturated rings. The number of rotatable bonds is 9. The quantitative estimate of drug-likeness (QED) is 0.683. The van der Waals surface area contributed by atoms with Crippen LogP contribution in [0.5, 0.6) is 0 Å². The summed E-state index contributed by atoms with van der Waals surface area (Å²) in [7, 11) is 3.50. The Morgan fingerprint density at radius 1 is 0.944 bits per heavy atom. The maximum Gasteiger partial charge on any atom is 0.0589 e. The molecule has 18 heavy (non-hydrogen) atoms. The van der Waals surface area contributed by atoms with Gasteiger partial charge in [0.25, 0.3) is 0 Å². The van der Waals surface area contributed by atoms with Crippen LogP contribution in [0.1, 0.15) is 38.5 Å². The molecule has 1 aliphatic rings. The Morgan fingerprint density at radius 3 is 2.00 bits per heavy atom. The van der Waals surface area contributed by atoms with E-state index in [2.05, 4.69) is 4.90 Å². The number of ether oxygens (including phenoxy) is 2. The van der Waals surface area contributed by atoms with Crippen molar-refractivity contribution < 1.29 is 9.47 Å². The second-order valence-corrected chi connectivity index (χ2v) is 5.50. The van der Waals surface area contributed by atoms with Crippen molar-refractivity contribution in [3.8, 4) is 0 Å². The van der Waals surface area contributed by atoms with Gasteiger partial charge in [0.05, 0.1) is 13.2 Å². The molecule has 4 heteroatoms. The number of hydrogen-bond donors (Lipinski definition) is 1. The molecule has 0 saturated heterocycles. The first-order chi connectivity index (χ1) is 8.70. The van der Waals surface area contributed by atoms with Gasteiger partial charge in [0, 0.05) is 39.4 Å². The van der Waals surface area contributed by atoms with E-state index in [4.69, 9.17) is 15.2 Å². The van der Waals surface area contributed by atoms with Crippen molar-refractivity contribution in [3.05, 3.63) is 0 Å². The van der Waals surface area contributed by atoms with Crippen LogP contribution in [0.15, 0.2) is 0 Å². The first kappa shape index (κ1) is 15.9. The third-order valence-corrected chi connectivity index (χ3v) is 4.00. The molecule has 1 saturated carbocycles. The predicted octanol–water partition coefficient (Wildman–Crippen LogP) is 1.63. The molecule has 0 spiro atoms. The van der Waals surface area contributed by atoms with Crippen molar-refractivity contribution in [2.75, 3.05) is 47.1 Å².